The van der Waals surface area contributed by atoms with Crippen LogP contribution in [0.1, 0.15) is 129 Å². The van der Waals surface area contributed by atoms with Gasteiger partial charge in [-0.1, -0.05) is 0 Å². The van der Waals surface area contributed by atoms with Gasteiger partial charge in [0.15, 0.2) is 0 Å². The second-order valence-electron chi connectivity index (χ2n) is 21.8. The molecule has 0 heterocycles. The van der Waals surface area contributed by atoms with Gasteiger partial charge in [-0.2, -0.15) is 0 Å². The summed E-state index contributed by atoms with van der Waals surface area (Å²) >= 11 is -3.01. The number of hydrogen-bond donors (Lipinski definition) is 0. The van der Waals surface area contributed by atoms with Crippen molar-refractivity contribution in [1.29, 1.82) is 0 Å². The van der Waals surface area contributed by atoms with Crippen molar-refractivity contribution in [3.63, 3.8) is 0 Å². The average Bonchev–Trinajstić information content (AvgIpc) is 3.80. The predicted molar refractivity (Wildman–Crippen MR) is 254 cm³/mol. The minimum Gasteiger partial charge on any atom is -1.00 e. The third-order valence-corrected chi connectivity index (χ3v) is 24.6. The summed E-state index contributed by atoms with van der Waals surface area (Å²) in [5.74, 6) is 4.10. The number of benzene rings is 5. The van der Waals surface area contributed by atoms with Crippen LogP contribution >= 0.6 is 0 Å². The molecule has 5 aromatic carbocycles. The van der Waals surface area contributed by atoms with Crippen LogP contribution in [0, 0.1) is 35.0 Å². The Balaban J connectivity index is 0.00000264. The molecule has 0 nitrogen and oxygen atoms in total. The van der Waals surface area contributed by atoms with E-state index in [1.165, 1.54) is 82.2 Å². The molecule has 62 heavy (non-hydrogen) atoms. The van der Waals surface area contributed by atoms with Gasteiger partial charge in [0.25, 0.3) is 0 Å². The van der Waals surface area contributed by atoms with Gasteiger partial charge >= 0.3 is 372 Å². The quantitative estimate of drug-likeness (QED) is 0.150. The Morgan fingerprint density at radius 1 is 0.645 bits per heavy atom. The molecule has 6 aliphatic rings. The van der Waals surface area contributed by atoms with Crippen molar-refractivity contribution in [2.75, 3.05) is 0 Å². The van der Waals surface area contributed by atoms with Gasteiger partial charge in [0.2, 0.25) is 0 Å². The van der Waals surface area contributed by atoms with Crippen LogP contribution in [-0.4, -0.2) is 3.21 Å². The molecule has 11 rings (SSSR count). The van der Waals surface area contributed by atoms with E-state index in [4.69, 9.17) is 0 Å². The first-order valence-electron chi connectivity index (χ1n) is 23.5. The molecule has 0 aliphatic heterocycles. The second-order valence-corrected chi connectivity index (χ2v) is 27.8. The second kappa shape index (κ2) is 17.0. The first kappa shape index (κ1) is 45.5. The molecule has 6 aliphatic carbocycles. The summed E-state index contributed by atoms with van der Waals surface area (Å²) in [6, 6.07) is 42.4. The Morgan fingerprint density at radius 3 is 1.73 bits per heavy atom. The number of allylic oxidation sites excluding steroid dienone is 4. The monoisotopic (exact) mass is 934 g/mol. The minimum absolute atomic E-state index is 0. The number of halogens is 2. The molecule has 0 aromatic heterocycles. The molecular formula is C59H66Cl2Zr. The Morgan fingerprint density at radius 2 is 1.18 bits per heavy atom. The zero-order valence-electron chi connectivity index (χ0n) is 38.6. The van der Waals surface area contributed by atoms with E-state index in [9.17, 15) is 0 Å². The summed E-state index contributed by atoms with van der Waals surface area (Å²) in [6.45, 7) is 22.4. The Kier molecular flexibility index (Phi) is 12.5. The molecule has 4 bridgehead atoms. The van der Waals surface area contributed by atoms with Crippen molar-refractivity contribution in [3.8, 4) is 33.4 Å². The maximum absolute atomic E-state index is 3.01. The van der Waals surface area contributed by atoms with Crippen molar-refractivity contribution in [1.82, 2.24) is 0 Å². The number of hydrogen-bond acceptors (Lipinski definition) is 0. The largest absolute Gasteiger partial charge is 1.00 e. The molecule has 4 fully saturated rings. The van der Waals surface area contributed by atoms with Crippen LogP contribution in [0.4, 0.5) is 0 Å². The van der Waals surface area contributed by atoms with E-state index in [0.29, 0.717) is 11.3 Å². The van der Waals surface area contributed by atoms with Gasteiger partial charge in [-0.15, -0.1) is 0 Å². The molecule has 1 atom stereocenters. The van der Waals surface area contributed by atoms with Crippen LogP contribution < -0.4 is 28.1 Å². The summed E-state index contributed by atoms with van der Waals surface area (Å²) in [6.07, 6.45) is 15.1. The minimum atomic E-state index is -3.01. The molecule has 320 valence electrons. The van der Waals surface area contributed by atoms with Crippen molar-refractivity contribution >= 4 is 6.48 Å². The van der Waals surface area contributed by atoms with Gasteiger partial charge in [-0.05, 0) is 0 Å². The van der Waals surface area contributed by atoms with E-state index >= 15 is 0 Å². The van der Waals surface area contributed by atoms with E-state index in [2.05, 4.69) is 184 Å². The fraction of sp³-hybridized carbons (Fsp3) is 0.407. The van der Waals surface area contributed by atoms with Crippen molar-refractivity contribution in [2.24, 2.45) is 35.0 Å². The summed E-state index contributed by atoms with van der Waals surface area (Å²) in [7, 11) is 0. The van der Waals surface area contributed by atoms with Gasteiger partial charge in [0.05, 0.1) is 0 Å². The predicted octanol–water partition coefficient (Wildman–Crippen LogP) is 8.99. The Labute approximate surface area is 394 Å². The van der Waals surface area contributed by atoms with Gasteiger partial charge in [0, 0.05) is 0 Å². The maximum Gasteiger partial charge on any atom is -1.00 e. The smallest absolute Gasteiger partial charge is 1.00 e. The van der Waals surface area contributed by atoms with Gasteiger partial charge in [-0.25, -0.2) is 0 Å². The summed E-state index contributed by atoms with van der Waals surface area (Å²) < 4.78 is 5.32. The molecule has 3 heteroatoms. The van der Waals surface area contributed by atoms with E-state index < -0.39 is 21.3 Å². The van der Waals surface area contributed by atoms with Crippen molar-refractivity contribution in [3.05, 3.63) is 158 Å². The van der Waals surface area contributed by atoms with Crippen LogP contribution in [0.5, 0.6) is 0 Å². The van der Waals surface area contributed by atoms with Crippen LogP contribution in [-0.2, 0) is 38.5 Å². The zero-order valence-corrected chi connectivity index (χ0v) is 42.6. The van der Waals surface area contributed by atoms with Crippen molar-refractivity contribution in [2.45, 2.75) is 118 Å². The average molecular weight is 937 g/mol. The topological polar surface area (TPSA) is 0 Å². The Bertz CT molecular complexity index is 2550. The normalized spacial score (nSPS) is 24.7. The third kappa shape index (κ3) is 7.61. The Hall–Kier alpha value is -3.09. The fourth-order valence-electron chi connectivity index (χ4n) is 13.2. The van der Waals surface area contributed by atoms with E-state index in [-0.39, 0.29) is 35.6 Å². The molecule has 0 spiro atoms. The van der Waals surface area contributed by atoms with Crippen LogP contribution in [0.2, 0.25) is 0 Å². The van der Waals surface area contributed by atoms with Crippen molar-refractivity contribution < 1.29 is 46.1 Å². The zero-order chi connectivity index (χ0) is 41.7. The molecule has 0 N–H and O–H groups in total. The summed E-state index contributed by atoms with van der Waals surface area (Å²) in [5.41, 5.74) is 18.2. The van der Waals surface area contributed by atoms with Gasteiger partial charge in [-0.3, -0.25) is 0 Å². The molecule has 5 aromatic rings. The van der Waals surface area contributed by atoms with E-state index in [1.807, 2.05) is 3.28 Å². The first-order chi connectivity index (χ1) is 28.7. The van der Waals surface area contributed by atoms with Crippen LogP contribution in [0.15, 0.2) is 130 Å². The molecule has 4 saturated carbocycles. The molecule has 0 amide bonds. The number of rotatable bonds is 7. The van der Waals surface area contributed by atoms with Crippen LogP contribution in [0.3, 0.4) is 0 Å². The van der Waals surface area contributed by atoms with Crippen LogP contribution in [0.25, 0.3) is 33.4 Å². The summed E-state index contributed by atoms with van der Waals surface area (Å²) in [5, 5.41) is 0. The SMILES string of the molecule is CC/[C](c1ccccc1)=[Zr+2](\[C]1=CC(C2(C)C3CC4CC(C3)CC2C4)=CC1C)[c]1c2c(cc(C(C)(C)C)c1-c1ccccc1)-c1cc(C(C)(C)C)c(-c3ccccc3)cc1C2.[Cl-].[Cl-]. The molecular weight excluding hydrogens is 871 g/mol. The molecule has 1 unspecified atom stereocenters. The standard InChI is InChI=1S/C33H33.C17H23.C9H10.2ClH.Zr/c1-32(2,3)30-20-26-24(18-28(30)22-13-9-7-10-14-22)17-25-19-29(23-15-11-8-12-16-23)31(21-27(25)26)33(4,5)6;1-11-3-4-14(5-11)17(2)15-7-12-6-13(9-15)10-16(17)8-12;1-2-6-9-7-4-3-5-8-9;;;/h7-16,18,20-21H,17H2,1-6H3;4-5,11-13,15-16H,6-10H2,1-2H3;3-5,7-8H,2H2,1H3;2*1H;/q;;;;;+2/p-2. The van der Waals surface area contributed by atoms with Gasteiger partial charge < -0.3 is 24.8 Å². The fourth-order valence-corrected chi connectivity index (χ4v) is 22.2. The maximum atomic E-state index is 2.89. The molecule has 0 radical (unpaired) electrons. The third-order valence-electron chi connectivity index (χ3n) is 16.1. The summed E-state index contributed by atoms with van der Waals surface area (Å²) in [4.78, 5) is 0. The molecule has 0 saturated heterocycles. The number of fused-ring (bicyclic) bond motifs is 3. The van der Waals surface area contributed by atoms with E-state index in [0.717, 1.165) is 36.5 Å². The first-order valence-corrected chi connectivity index (χ1v) is 27.1. The van der Waals surface area contributed by atoms with E-state index in [1.54, 1.807) is 23.2 Å². The van der Waals surface area contributed by atoms with Gasteiger partial charge in [0.1, 0.15) is 0 Å².